The molecule has 0 bridgehead atoms. The molecule has 4 heteroatoms. The fourth-order valence-corrected chi connectivity index (χ4v) is 3.31. The summed E-state index contributed by atoms with van der Waals surface area (Å²) in [6, 6.07) is 7.01. The Labute approximate surface area is 196 Å². The number of ketones is 1. The minimum Gasteiger partial charge on any atom is -1.00 e. The summed E-state index contributed by atoms with van der Waals surface area (Å²) in [5.41, 5.74) is 0.529. The smallest absolute Gasteiger partial charge is 1.00 e. The maximum atomic E-state index is 11.3. The molecular formula is C24H41NaO3. The van der Waals surface area contributed by atoms with E-state index in [0.29, 0.717) is 5.56 Å². The van der Waals surface area contributed by atoms with Crippen LogP contribution in [0.2, 0.25) is 0 Å². The summed E-state index contributed by atoms with van der Waals surface area (Å²) >= 11 is 0. The number of aliphatic hydroxyl groups excluding tert-OH is 1. The zero-order valence-corrected chi connectivity index (χ0v) is 20.4. The molecule has 0 radical (unpaired) electrons. The van der Waals surface area contributed by atoms with Gasteiger partial charge in [0.15, 0.2) is 5.78 Å². The summed E-state index contributed by atoms with van der Waals surface area (Å²) in [5, 5.41) is 8.83. The molecule has 0 spiro atoms. The van der Waals surface area contributed by atoms with Gasteiger partial charge in [-0.15, -0.1) is 0 Å². The molecule has 0 heterocycles. The third-order valence-corrected chi connectivity index (χ3v) is 5.09. The molecular weight excluding hydrogens is 359 g/mol. The summed E-state index contributed by atoms with van der Waals surface area (Å²) in [6.07, 6.45) is 19.0. The van der Waals surface area contributed by atoms with E-state index in [-0.39, 0.29) is 36.8 Å². The van der Waals surface area contributed by atoms with Gasteiger partial charge in [-0.05, 0) is 30.7 Å². The van der Waals surface area contributed by atoms with E-state index in [0.717, 1.165) is 18.8 Å². The number of rotatable bonds is 18. The summed E-state index contributed by atoms with van der Waals surface area (Å²) < 4.78 is 5.71. The Hall–Kier alpha value is -0.350. The number of ether oxygens (including phenoxy) is 1. The van der Waals surface area contributed by atoms with E-state index in [1.807, 2.05) is 0 Å². The van der Waals surface area contributed by atoms with Gasteiger partial charge in [-0.1, -0.05) is 90.4 Å². The standard InChI is InChI=1S/C24H40O3.Na.H/c1-2-3-4-5-6-7-8-9-10-11-12-13-14-15-20-27-23-18-16-22(17-19-23)24(26)21-25;;/h16-19,25H,2-15,20-21H2,1H3;;/q;+1;-1. The molecule has 0 fully saturated rings. The van der Waals surface area contributed by atoms with Gasteiger partial charge in [0.2, 0.25) is 0 Å². The molecule has 1 aromatic carbocycles. The molecule has 0 aliphatic carbocycles. The second-order valence-corrected chi connectivity index (χ2v) is 7.55. The topological polar surface area (TPSA) is 46.5 Å². The van der Waals surface area contributed by atoms with E-state index in [2.05, 4.69) is 6.92 Å². The first-order valence-corrected chi connectivity index (χ1v) is 11.1. The van der Waals surface area contributed by atoms with Crippen LogP contribution < -0.4 is 34.3 Å². The van der Waals surface area contributed by atoms with E-state index in [1.165, 1.54) is 83.5 Å². The van der Waals surface area contributed by atoms with Crippen LogP contribution in [-0.2, 0) is 0 Å². The fourth-order valence-electron chi connectivity index (χ4n) is 3.31. The van der Waals surface area contributed by atoms with Gasteiger partial charge in [0.05, 0.1) is 6.61 Å². The summed E-state index contributed by atoms with van der Waals surface area (Å²) in [5.74, 6) is 0.535. The van der Waals surface area contributed by atoms with Crippen LogP contribution in [0.4, 0.5) is 0 Å². The third-order valence-electron chi connectivity index (χ3n) is 5.09. The predicted molar refractivity (Wildman–Crippen MR) is 115 cm³/mol. The van der Waals surface area contributed by atoms with E-state index in [4.69, 9.17) is 9.84 Å². The van der Waals surface area contributed by atoms with Crippen molar-refractivity contribution in [3.05, 3.63) is 29.8 Å². The van der Waals surface area contributed by atoms with Crippen LogP contribution in [0.15, 0.2) is 24.3 Å². The molecule has 28 heavy (non-hydrogen) atoms. The second kappa shape index (κ2) is 19.9. The van der Waals surface area contributed by atoms with Gasteiger partial charge in [-0.25, -0.2) is 0 Å². The first-order valence-electron chi connectivity index (χ1n) is 11.1. The molecule has 0 saturated heterocycles. The van der Waals surface area contributed by atoms with Gasteiger partial charge in [0.25, 0.3) is 0 Å². The van der Waals surface area contributed by atoms with E-state index >= 15 is 0 Å². The van der Waals surface area contributed by atoms with Crippen molar-refractivity contribution in [3.8, 4) is 5.75 Å². The van der Waals surface area contributed by atoms with Crippen LogP contribution in [0.1, 0.15) is 109 Å². The van der Waals surface area contributed by atoms with E-state index < -0.39 is 6.61 Å². The van der Waals surface area contributed by atoms with Crippen molar-refractivity contribution in [1.29, 1.82) is 0 Å². The number of benzene rings is 1. The first kappa shape index (κ1) is 27.6. The van der Waals surface area contributed by atoms with Gasteiger partial charge in [0.1, 0.15) is 12.4 Å². The molecule has 1 aromatic rings. The summed E-state index contributed by atoms with van der Waals surface area (Å²) in [7, 11) is 0. The monoisotopic (exact) mass is 400 g/mol. The number of carbonyl (C=O) groups excluding carboxylic acids is 1. The number of aliphatic hydroxyl groups is 1. The Kier molecular flexibility index (Phi) is 19.7. The zero-order valence-electron chi connectivity index (χ0n) is 19.4. The minimum atomic E-state index is -0.445. The molecule has 3 nitrogen and oxygen atoms in total. The average molecular weight is 401 g/mol. The Morgan fingerprint density at radius 1 is 0.786 bits per heavy atom. The Morgan fingerprint density at radius 2 is 1.21 bits per heavy atom. The van der Waals surface area contributed by atoms with Crippen molar-refractivity contribution in [3.63, 3.8) is 0 Å². The molecule has 0 aliphatic heterocycles. The Morgan fingerprint density at radius 3 is 1.64 bits per heavy atom. The van der Waals surface area contributed by atoms with Crippen molar-refractivity contribution >= 4 is 5.78 Å². The fraction of sp³-hybridized carbons (Fsp3) is 0.708. The number of hydrogen-bond donors (Lipinski definition) is 1. The van der Waals surface area contributed by atoms with Gasteiger partial charge < -0.3 is 11.3 Å². The van der Waals surface area contributed by atoms with Crippen LogP contribution in [0.25, 0.3) is 0 Å². The molecule has 0 saturated carbocycles. The molecule has 156 valence electrons. The Bertz CT molecular complexity index is 480. The summed E-state index contributed by atoms with van der Waals surface area (Å²) in [6.45, 7) is 2.56. The van der Waals surface area contributed by atoms with Gasteiger partial charge >= 0.3 is 29.6 Å². The minimum absolute atomic E-state index is 0. The number of carbonyl (C=O) groups is 1. The van der Waals surface area contributed by atoms with Crippen molar-refractivity contribution < 1.29 is 45.6 Å². The number of Topliss-reactive ketones (excluding diaryl/α,β-unsaturated/α-hetero) is 1. The maximum absolute atomic E-state index is 11.3. The predicted octanol–water partition coefficient (Wildman–Crippen LogP) is 3.84. The maximum Gasteiger partial charge on any atom is 1.00 e. The SMILES string of the molecule is CCCCCCCCCCCCCCCCOc1ccc(C(=O)CO)cc1.[H-].[Na+]. The number of hydrogen-bond acceptors (Lipinski definition) is 3. The van der Waals surface area contributed by atoms with Crippen molar-refractivity contribution in [2.75, 3.05) is 13.2 Å². The van der Waals surface area contributed by atoms with Gasteiger partial charge in [0, 0.05) is 5.56 Å². The van der Waals surface area contributed by atoms with Crippen molar-refractivity contribution in [2.45, 2.75) is 96.8 Å². The first-order chi connectivity index (χ1) is 13.3. The summed E-state index contributed by atoms with van der Waals surface area (Å²) in [4.78, 5) is 11.3. The van der Waals surface area contributed by atoms with Crippen LogP contribution >= 0.6 is 0 Å². The second-order valence-electron chi connectivity index (χ2n) is 7.55. The van der Waals surface area contributed by atoms with Gasteiger partial charge in [-0.3, -0.25) is 4.79 Å². The number of unbranched alkanes of at least 4 members (excludes halogenated alkanes) is 13. The average Bonchev–Trinajstić information content (AvgIpc) is 2.70. The van der Waals surface area contributed by atoms with Crippen LogP contribution in [0.3, 0.4) is 0 Å². The third kappa shape index (κ3) is 14.6. The van der Waals surface area contributed by atoms with Crippen LogP contribution in [0.5, 0.6) is 5.75 Å². The van der Waals surface area contributed by atoms with Crippen LogP contribution in [-0.4, -0.2) is 24.1 Å². The molecule has 0 unspecified atom stereocenters. The molecule has 0 atom stereocenters. The molecule has 0 amide bonds. The molecule has 0 aromatic heterocycles. The van der Waals surface area contributed by atoms with Crippen LogP contribution in [0, 0.1) is 0 Å². The quantitative estimate of drug-likeness (QED) is 0.231. The van der Waals surface area contributed by atoms with E-state index in [9.17, 15) is 4.79 Å². The van der Waals surface area contributed by atoms with E-state index in [1.54, 1.807) is 24.3 Å². The molecule has 0 aliphatic rings. The molecule has 1 rings (SSSR count). The zero-order chi connectivity index (χ0) is 19.6. The normalized spacial score (nSPS) is 10.5. The molecule has 1 N–H and O–H groups in total. The largest absolute Gasteiger partial charge is 1.00 e. The Balaban J connectivity index is 0. The van der Waals surface area contributed by atoms with Crippen molar-refractivity contribution in [2.24, 2.45) is 0 Å². The van der Waals surface area contributed by atoms with Crippen molar-refractivity contribution in [1.82, 2.24) is 0 Å². The van der Waals surface area contributed by atoms with Gasteiger partial charge in [-0.2, -0.15) is 0 Å².